The molecule has 1 atom stereocenters. The number of benzene rings is 3. The standard InChI is InChI=1S/C25H24F3N3O4S/c26-25(27,28)17-7-6-10-19(15-17)29-24(32)30-22-16-20(12-13-21(22)23-11-4-5-14-35-23)36(33,34)31-18-8-2-1-3-9-18/h1-3,6-10,12-13,15-16,23,31H,4-5,11,14H2,(H2,29,30,32). The van der Waals surface area contributed by atoms with Crippen molar-refractivity contribution >= 4 is 33.1 Å². The Labute approximate surface area is 206 Å². The summed E-state index contributed by atoms with van der Waals surface area (Å²) in [6.45, 7) is 0.524. The number of nitrogens with one attached hydrogen (secondary N) is 3. The maximum absolute atomic E-state index is 13.0. The van der Waals surface area contributed by atoms with Crippen molar-refractivity contribution < 1.29 is 31.1 Å². The van der Waals surface area contributed by atoms with Crippen molar-refractivity contribution in [2.24, 2.45) is 0 Å². The molecule has 1 saturated heterocycles. The Balaban J connectivity index is 1.61. The average Bonchev–Trinajstić information content (AvgIpc) is 2.84. The van der Waals surface area contributed by atoms with Gasteiger partial charge in [0.1, 0.15) is 0 Å². The number of urea groups is 1. The fraction of sp³-hybridized carbons (Fsp3) is 0.240. The van der Waals surface area contributed by atoms with Gasteiger partial charge in [0.25, 0.3) is 10.0 Å². The van der Waals surface area contributed by atoms with Crippen molar-refractivity contribution in [2.45, 2.75) is 36.4 Å². The molecule has 1 heterocycles. The molecule has 1 fully saturated rings. The number of halogens is 3. The van der Waals surface area contributed by atoms with Gasteiger partial charge in [0, 0.05) is 29.2 Å². The van der Waals surface area contributed by atoms with Crippen molar-refractivity contribution in [3.05, 3.63) is 83.9 Å². The van der Waals surface area contributed by atoms with Crippen molar-refractivity contribution in [1.82, 2.24) is 0 Å². The van der Waals surface area contributed by atoms with Crippen molar-refractivity contribution in [3.63, 3.8) is 0 Å². The molecule has 0 spiro atoms. The molecule has 1 unspecified atom stereocenters. The lowest BCUT2D eigenvalue weighted by molar-refractivity contribution is -0.137. The molecular formula is C25H24F3N3O4S. The van der Waals surface area contributed by atoms with E-state index in [-0.39, 0.29) is 22.4 Å². The number of amides is 2. The number of carbonyl (C=O) groups excluding carboxylic acids is 1. The normalized spacial score (nSPS) is 16.2. The Morgan fingerprint density at radius 2 is 1.64 bits per heavy atom. The Kier molecular flexibility index (Phi) is 7.51. The molecule has 0 saturated carbocycles. The van der Waals surface area contributed by atoms with E-state index in [9.17, 15) is 26.4 Å². The number of ether oxygens (including phenoxy) is 1. The van der Waals surface area contributed by atoms with E-state index in [2.05, 4.69) is 15.4 Å². The van der Waals surface area contributed by atoms with Crippen molar-refractivity contribution in [1.29, 1.82) is 0 Å². The predicted molar refractivity (Wildman–Crippen MR) is 130 cm³/mol. The van der Waals surface area contributed by atoms with E-state index < -0.39 is 27.8 Å². The molecule has 4 rings (SSSR count). The molecule has 3 N–H and O–H groups in total. The fourth-order valence-electron chi connectivity index (χ4n) is 3.86. The van der Waals surface area contributed by atoms with E-state index >= 15 is 0 Å². The van der Waals surface area contributed by atoms with Crippen LogP contribution in [0.15, 0.2) is 77.7 Å². The van der Waals surface area contributed by atoms with Gasteiger partial charge in [-0.3, -0.25) is 4.72 Å². The van der Waals surface area contributed by atoms with Gasteiger partial charge in [0.05, 0.1) is 16.6 Å². The topological polar surface area (TPSA) is 96.5 Å². The number of hydrogen-bond donors (Lipinski definition) is 3. The lowest BCUT2D eigenvalue weighted by Gasteiger charge is -2.25. The van der Waals surface area contributed by atoms with Crippen LogP contribution in [0.2, 0.25) is 0 Å². The third-order valence-electron chi connectivity index (χ3n) is 5.58. The second-order valence-corrected chi connectivity index (χ2v) is 9.92. The van der Waals surface area contributed by atoms with Gasteiger partial charge in [0.15, 0.2) is 0 Å². The molecule has 0 radical (unpaired) electrons. The minimum atomic E-state index is -4.56. The number of para-hydroxylation sites is 1. The molecule has 0 bridgehead atoms. The predicted octanol–water partition coefficient (Wildman–Crippen LogP) is 6.39. The zero-order valence-electron chi connectivity index (χ0n) is 19.0. The van der Waals surface area contributed by atoms with Crippen LogP contribution in [0.25, 0.3) is 0 Å². The van der Waals surface area contributed by atoms with E-state index in [1.54, 1.807) is 36.4 Å². The van der Waals surface area contributed by atoms with Gasteiger partial charge in [-0.05, 0) is 61.7 Å². The highest BCUT2D eigenvalue weighted by atomic mass is 32.2. The van der Waals surface area contributed by atoms with Gasteiger partial charge < -0.3 is 15.4 Å². The highest BCUT2D eigenvalue weighted by molar-refractivity contribution is 7.92. The molecule has 0 aromatic heterocycles. The first kappa shape index (κ1) is 25.5. The molecular weight excluding hydrogens is 495 g/mol. The van der Waals surface area contributed by atoms with Gasteiger partial charge in [0.2, 0.25) is 0 Å². The summed E-state index contributed by atoms with van der Waals surface area (Å²) in [7, 11) is -3.99. The quantitative estimate of drug-likeness (QED) is 0.352. The van der Waals surface area contributed by atoms with Gasteiger partial charge in [-0.25, -0.2) is 13.2 Å². The van der Waals surface area contributed by atoms with E-state index in [1.807, 2.05) is 0 Å². The number of hydrogen-bond acceptors (Lipinski definition) is 4. The van der Waals surface area contributed by atoms with Crippen molar-refractivity contribution in [2.75, 3.05) is 22.0 Å². The molecule has 3 aromatic carbocycles. The summed E-state index contributed by atoms with van der Waals surface area (Å²) in [6, 6.07) is 16.0. The van der Waals surface area contributed by atoms with Gasteiger partial charge in [-0.1, -0.05) is 30.3 Å². The van der Waals surface area contributed by atoms with Crippen LogP contribution in [0, 0.1) is 0 Å². The Bertz CT molecular complexity index is 1330. The number of sulfonamides is 1. The monoisotopic (exact) mass is 519 g/mol. The van der Waals surface area contributed by atoms with E-state index in [4.69, 9.17) is 4.74 Å². The molecule has 0 aliphatic carbocycles. The molecule has 1 aliphatic rings. The highest BCUT2D eigenvalue weighted by Gasteiger charge is 2.30. The summed E-state index contributed by atoms with van der Waals surface area (Å²) in [5.41, 5.74) is 0.160. The second kappa shape index (κ2) is 10.6. The first-order chi connectivity index (χ1) is 17.1. The number of carbonyl (C=O) groups is 1. The van der Waals surface area contributed by atoms with Crippen LogP contribution in [-0.4, -0.2) is 21.1 Å². The smallest absolute Gasteiger partial charge is 0.373 e. The zero-order chi connectivity index (χ0) is 25.8. The molecule has 36 heavy (non-hydrogen) atoms. The van der Waals surface area contributed by atoms with E-state index in [1.165, 1.54) is 24.3 Å². The first-order valence-corrected chi connectivity index (χ1v) is 12.7. The van der Waals surface area contributed by atoms with Gasteiger partial charge >= 0.3 is 12.2 Å². The molecule has 190 valence electrons. The second-order valence-electron chi connectivity index (χ2n) is 8.23. The van der Waals surface area contributed by atoms with Crippen LogP contribution in [0.4, 0.5) is 35.0 Å². The third kappa shape index (κ3) is 6.35. The number of alkyl halides is 3. The van der Waals surface area contributed by atoms with E-state index in [0.29, 0.717) is 24.3 Å². The molecule has 1 aliphatic heterocycles. The summed E-state index contributed by atoms with van der Waals surface area (Å²) in [4.78, 5) is 12.6. The van der Waals surface area contributed by atoms with E-state index in [0.717, 1.165) is 25.0 Å². The zero-order valence-corrected chi connectivity index (χ0v) is 19.8. The average molecular weight is 520 g/mol. The lowest BCUT2D eigenvalue weighted by Crippen LogP contribution is -2.23. The van der Waals surface area contributed by atoms with Gasteiger partial charge in [-0.2, -0.15) is 13.2 Å². The Morgan fingerprint density at radius 3 is 2.33 bits per heavy atom. The van der Waals surface area contributed by atoms with Crippen LogP contribution in [0.5, 0.6) is 0 Å². The summed E-state index contributed by atoms with van der Waals surface area (Å²) in [5, 5.41) is 4.96. The van der Waals surface area contributed by atoms with Crippen LogP contribution in [-0.2, 0) is 20.9 Å². The van der Waals surface area contributed by atoms with Crippen LogP contribution >= 0.6 is 0 Å². The van der Waals surface area contributed by atoms with Crippen LogP contribution in [0.3, 0.4) is 0 Å². The molecule has 11 heteroatoms. The number of anilines is 3. The molecule has 2 amide bonds. The largest absolute Gasteiger partial charge is 0.416 e. The lowest BCUT2D eigenvalue weighted by atomic mass is 10.00. The molecule has 7 nitrogen and oxygen atoms in total. The minimum Gasteiger partial charge on any atom is -0.373 e. The summed E-state index contributed by atoms with van der Waals surface area (Å²) in [6.07, 6.45) is -2.45. The summed E-state index contributed by atoms with van der Waals surface area (Å²) in [5.74, 6) is 0. The number of rotatable bonds is 6. The SMILES string of the molecule is O=C(Nc1cccc(C(F)(F)F)c1)Nc1cc(S(=O)(=O)Nc2ccccc2)ccc1C1CCCCO1. The third-order valence-corrected chi connectivity index (χ3v) is 6.96. The van der Waals surface area contributed by atoms with Crippen molar-refractivity contribution in [3.8, 4) is 0 Å². The highest BCUT2D eigenvalue weighted by Crippen LogP contribution is 2.35. The maximum Gasteiger partial charge on any atom is 0.416 e. The fourth-order valence-corrected chi connectivity index (χ4v) is 4.94. The molecule has 3 aromatic rings. The maximum atomic E-state index is 13.0. The van der Waals surface area contributed by atoms with Crippen LogP contribution < -0.4 is 15.4 Å². The van der Waals surface area contributed by atoms with Crippen LogP contribution in [0.1, 0.15) is 36.5 Å². The summed E-state index contributed by atoms with van der Waals surface area (Å²) >= 11 is 0. The Morgan fingerprint density at radius 1 is 0.889 bits per heavy atom. The summed E-state index contributed by atoms with van der Waals surface area (Å²) < 4.78 is 73.3. The minimum absolute atomic E-state index is 0.0627. The first-order valence-electron chi connectivity index (χ1n) is 11.2. The Hall–Kier alpha value is -3.57. The van der Waals surface area contributed by atoms with Gasteiger partial charge in [-0.15, -0.1) is 0 Å².